The Morgan fingerprint density at radius 2 is 1.75 bits per heavy atom. The fraction of sp³-hybridized carbons (Fsp3) is 0.733. The molecule has 2 atom stereocenters. The van der Waals surface area contributed by atoms with Gasteiger partial charge in [-0.2, -0.15) is 0 Å². The maximum Gasteiger partial charge on any atom is 0.410 e. The van der Waals surface area contributed by atoms with Gasteiger partial charge in [0.25, 0.3) is 0 Å². The van der Waals surface area contributed by atoms with E-state index in [-0.39, 0.29) is 12.1 Å². The molecule has 0 aromatic heterocycles. The van der Waals surface area contributed by atoms with Crippen molar-refractivity contribution in [3.63, 3.8) is 0 Å². The first-order valence-corrected chi connectivity index (χ1v) is 7.04. The van der Waals surface area contributed by atoms with Crippen molar-refractivity contribution in [3.8, 4) is 0 Å². The Bertz CT molecular complexity index is 420. The number of amides is 1. The second-order valence-corrected chi connectivity index (χ2v) is 6.64. The molecule has 1 amide bonds. The van der Waals surface area contributed by atoms with Crippen molar-refractivity contribution in [1.29, 1.82) is 0 Å². The first-order chi connectivity index (χ1) is 9.28. The fourth-order valence-electron chi connectivity index (χ4n) is 2.98. The van der Waals surface area contributed by atoms with Crippen molar-refractivity contribution in [3.05, 3.63) is 11.6 Å². The monoisotopic (exact) mass is 281 g/mol. The summed E-state index contributed by atoms with van der Waals surface area (Å²) < 4.78 is 10.0. The molecule has 0 aromatic carbocycles. The van der Waals surface area contributed by atoms with Crippen molar-refractivity contribution in [2.24, 2.45) is 11.8 Å². The molecule has 5 nitrogen and oxygen atoms in total. The zero-order valence-corrected chi connectivity index (χ0v) is 12.6. The number of allylic oxidation sites excluding steroid dienone is 1. The Hall–Kier alpha value is -1.52. The van der Waals surface area contributed by atoms with Gasteiger partial charge in [0.1, 0.15) is 5.60 Å². The molecule has 1 aliphatic heterocycles. The molecule has 2 fully saturated rings. The third-order valence-corrected chi connectivity index (χ3v) is 3.80. The Kier molecular flexibility index (Phi) is 4.06. The Balaban J connectivity index is 1.90. The molecule has 5 heteroatoms. The van der Waals surface area contributed by atoms with Gasteiger partial charge in [-0.3, -0.25) is 0 Å². The number of nitrogens with zero attached hydrogens (tertiary/aromatic N) is 1. The van der Waals surface area contributed by atoms with Crippen molar-refractivity contribution >= 4 is 12.1 Å². The van der Waals surface area contributed by atoms with Crippen molar-refractivity contribution < 1.29 is 19.1 Å². The molecule has 2 rings (SSSR count). The molecule has 0 radical (unpaired) electrons. The lowest BCUT2D eigenvalue weighted by Gasteiger charge is -2.24. The lowest BCUT2D eigenvalue weighted by Crippen LogP contribution is -2.35. The smallest absolute Gasteiger partial charge is 0.410 e. The quantitative estimate of drug-likeness (QED) is 0.547. The second kappa shape index (κ2) is 5.46. The van der Waals surface area contributed by atoms with E-state index in [0.717, 1.165) is 31.5 Å². The third-order valence-electron chi connectivity index (χ3n) is 3.80. The van der Waals surface area contributed by atoms with E-state index in [1.165, 1.54) is 7.11 Å². The van der Waals surface area contributed by atoms with E-state index in [4.69, 9.17) is 4.74 Å². The summed E-state index contributed by atoms with van der Waals surface area (Å²) in [5, 5.41) is 0. The van der Waals surface area contributed by atoms with Crippen LogP contribution >= 0.6 is 0 Å². The molecule has 0 bridgehead atoms. The van der Waals surface area contributed by atoms with E-state index < -0.39 is 5.60 Å². The van der Waals surface area contributed by atoms with Crippen LogP contribution in [0.1, 0.15) is 33.6 Å². The summed E-state index contributed by atoms with van der Waals surface area (Å²) >= 11 is 0. The highest BCUT2D eigenvalue weighted by Crippen LogP contribution is 2.41. The standard InChI is InChI=1S/C15H23NO4/c1-15(2,3)20-14(18)16-8-11-5-10(6-12(11)9-16)7-13(17)19-4/h7,11-12H,5-6,8-9H2,1-4H3/t11-,12+. The van der Waals surface area contributed by atoms with Crippen molar-refractivity contribution in [2.45, 2.75) is 39.2 Å². The van der Waals surface area contributed by atoms with Crippen molar-refractivity contribution in [1.82, 2.24) is 4.90 Å². The molecule has 20 heavy (non-hydrogen) atoms. The first-order valence-electron chi connectivity index (χ1n) is 7.04. The molecule has 0 aromatic rings. The van der Waals surface area contributed by atoms with Gasteiger partial charge in [-0.05, 0) is 45.4 Å². The topological polar surface area (TPSA) is 55.8 Å². The van der Waals surface area contributed by atoms with Gasteiger partial charge in [0, 0.05) is 19.2 Å². The minimum Gasteiger partial charge on any atom is -0.466 e. The van der Waals surface area contributed by atoms with E-state index in [9.17, 15) is 9.59 Å². The summed E-state index contributed by atoms with van der Waals surface area (Å²) in [6.45, 7) is 7.06. The van der Waals surface area contributed by atoms with Gasteiger partial charge in [-0.25, -0.2) is 9.59 Å². The highest BCUT2D eigenvalue weighted by atomic mass is 16.6. The number of likely N-dealkylation sites (tertiary alicyclic amines) is 1. The fourth-order valence-corrected chi connectivity index (χ4v) is 2.98. The highest BCUT2D eigenvalue weighted by molar-refractivity contribution is 5.82. The zero-order valence-electron chi connectivity index (χ0n) is 12.6. The summed E-state index contributed by atoms with van der Waals surface area (Å²) in [5.74, 6) is 0.598. The number of rotatable bonds is 1. The van der Waals surface area contributed by atoms with Gasteiger partial charge in [0.05, 0.1) is 7.11 Å². The predicted molar refractivity (Wildman–Crippen MR) is 74.1 cm³/mol. The van der Waals surface area contributed by atoms with Gasteiger partial charge < -0.3 is 14.4 Å². The number of hydrogen-bond acceptors (Lipinski definition) is 4. The Labute approximate surface area is 119 Å². The van der Waals surface area contributed by atoms with Crippen LogP contribution in [0, 0.1) is 11.8 Å². The lowest BCUT2D eigenvalue weighted by atomic mass is 10.0. The van der Waals surface area contributed by atoms with Gasteiger partial charge in [-0.1, -0.05) is 5.57 Å². The maximum atomic E-state index is 12.0. The predicted octanol–water partition coefficient (Wildman–Crippen LogP) is 2.36. The van der Waals surface area contributed by atoms with E-state index in [2.05, 4.69) is 4.74 Å². The van der Waals surface area contributed by atoms with E-state index in [1.807, 2.05) is 20.8 Å². The van der Waals surface area contributed by atoms with E-state index in [1.54, 1.807) is 11.0 Å². The van der Waals surface area contributed by atoms with Crippen LogP contribution in [0.4, 0.5) is 4.79 Å². The van der Waals surface area contributed by atoms with Crippen molar-refractivity contribution in [2.75, 3.05) is 20.2 Å². The van der Waals surface area contributed by atoms with Crippen LogP contribution in [0.5, 0.6) is 0 Å². The normalized spacial score (nSPS) is 27.6. The lowest BCUT2D eigenvalue weighted by molar-refractivity contribution is -0.134. The second-order valence-electron chi connectivity index (χ2n) is 6.64. The molecular formula is C15H23NO4. The average molecular weight is 281 g/mol. The van der Waals surface area contributed by atoms with Crippen LogP contribution in [-0.4, -0.2) is 42.8 Å². The number of methoxy groups -OCH3 is 1. The summed E-state index contributed by atoms with van der Waals surface area (Å²) in [6, 6.07) is 0. The van der Waals surface area contributed by atoms with Gasteiger partial charge in [-0.15, -0.1) is 0 Å². The SMILES string of the molecule is COC(=O)C=C1C[C@@H]2CN(C(=O)OC(C)(C)C)C[C@@H]2C1. The van der Waals surface area contributed by atoms with Crippen LogP contribution in [0.3, 0.4) is 0 Å². The average Bonchev–Trinajstić information content (AvgIpc) is 2.84. The summed E-state index contributed by atoms with van der Waals surface area (Å²) in [5.41, 5.74) is 0.681. The van der Waals surface area contributed by atoms with Crippen LogP contribution < -0.4 is 0 Å². The molecule has 0 spiro atoms. The Morgan fingerprint density at radius 3 is 2.20 bits per heavy atom. The largest absolute Gasteiger partial charge is 0.466 e. The number of fused-ring (bicyclic) bond motifs is 1. The van der Waals surface area contributed by atoms with Crippen LogP contribution in [0.2, 0.25) is 0 Å². The first kappa shape index (κ1) is 14.9. The molecular weight excluding hydrogens is 258 g/mol. The van der Waals surface area contributed by atoms with Crippen LogP contribution in [0.15, 0.2) is 11.6 Å². The molecule has 1 heterocycles. The van der Waals surface area contributed by atoms with Crippen LogP contribution in [0.25, 0.3) is 0 Å². The van der Waals surface area contributed by atoms with E-state index in [0.29, 0.717) is 11.8 Å². The molecule has 112 valence electrons. The number of hydrogen-bond donors (Lipinski definition) is 0. The molecule has 1 aliphatic carbocycles. The number of carbonyl (C=O) groups excluding carboxylic acids is 2. The molecule has 1 saturated carbocycles. The molecule has 2 aliphatic rings. The third kappa shape index (κ3) is 3.52. The molecule has 0 N–H and O–H groups in total. The Morgan fingerprint density at radius 1 is 1.20 bits per heavy atom. The number of esters is 1. The summed E-state index contributed by atoms with van der Waals surface area (Å²) in [6.07, 6.45) is 3.11. The zero-order chi connectivity index (χ0) is 14.9. The minimum atomic E-state index is -0.454. The van der Waals surface area contributed by atoms with Crippen LogP contribution in [-0.2, 0) is 14.3 Å². The van der Waals surface area contributed by atoms with Gasteiger partial charge in [0.15, 0.2) is 0 Å². The highest BCUT2D eigenvalue weighted by Gasteiger charge is 2.41. The molecule has 1 saturated heterocycles. The van der Waals surface area contributed by atoms with Gasteiger partial charge in [0.2, 0.25) is 0 Å². The summed E-state index contributed by atoms with van der Waals surface area (Å²) in [7, 11) is 1.39. The minimum absolute atomic E-state index is 0.231. The number of ether oxygens (including phenoxy) is 2. The van der Waals surface area contributed by atoms with Gasteiger partial charge >= 0.3 is 12.1 Å². The van der Waals surface area contributed by atoms with E-state index >= 15 is 0 Å². The maximum absolute atomic E-state index is 12.0. The summed E-state index contributed by atoms with van der Waals surface area (Å²) in [4.78, 5) is 25.0. The molecule has 0 unspecified atom stereocenters. The number of carbonyl (C=O) groups is 2.